The molecule has 0 radical (unpaired) electrons. The molecule has 1 saturated heterocycles. The van der Waals surface area contributed by atoms with Gasteiger partial charge in [-0.15, -0.1) is 0 Å². The minimum Gasteiger partial charge on any atom is -0.390 e. The van der Waals surface area contributed by atoms with Crippen molar-refractivity contribution in [2.24, 2.45) is 11.3 Å². The fourth-order valence-corrected chi connectivity index (χ4v) is 6.09. The third kappa shape index (κ3) is 2.65. The predicted octanol–water partition coefficient (Wildman–Crippen LogP) is 4.10. The summed E-state index contributed by atoms with van der Waals surface area (Å²) >= 11 is 0. The van der Waals surface area contributed by atoms with Gasteiger partial charge in [0.05, 0.1) is 22.7 Å². The van der Waals surface area contributed by atoms with Crippen LogP contribution in [0, 0.1) is 17.9 Å². The van der Waals surface area contributed by atoms with E-state index in [1.165, 1.54) is 12.8 Å². The van der Waals surface area contributed by atoms with E-state index in [0.29, 0.717) is 0 Å². The summed E-state index contributed by atoms with van der Waals surface area (Å²) in [6.07, 6.45) is 7.69. The number of anilines is 1. The van der Waals surface area contributed by atoms with Crippen molar-refractivity contribution in [3.63, 3.8) is 0 Å². The van der Waals surface area contributed by atoms with E-state index < -0.39 is 5.60 Å². The number of aliphatic hydroxyl groups is 1. The van der Waals surface area contributed by atoms with E-state index in [4.69, 9.17) is 6.57 Å². The minimum absolute atomic E-state index is 0.182. The Kier molecular flexibility index (Phi) is 3.87. The van der Waals surface area contributed by atoms with Gasteiger partial charge in [0.1, 0.15) is 12.1 Å². The Hall–Kier alpha value is -2.98. The second-order valence-corrected chi connectivity index (χ2v) is 10.5. The SMILES string of the molecule is [C-]#[N+][C@]1(c2ccc3cnn(-c4cc(N5CC[C@@H](C(C)(C)O)[C@@H]5C)ncn4)c3c2)CC12CC2. The van der Waals surface area contributed by atoms with Crippen LogP contribution < -0.4 is 4.90 Å². The van der Waals surface area contributed by atoms with Gasteiger partial charge >= 0.3 is 0 Å². The minimum atomic E-state index is -0.723. The molecule has 1 spiro atoms. The van der Waals surface area contributed by atoms with Crippen molar-refractivity contribution in [2.75, 3.05) is 11.4 Å². The van der Waals surface area contributed by atoms with Crippen LogP contribution >= 0.6 is 0 Å². The van der Waals surface area contributed by atoms with Crippen molar-refractivity contribution in [1.29, 1.82) is 0 Å². The molecule has 32 heavy (non-hydrogen) atoms. The highest BCUT2D eigenvalue weighted by molar-refractivity contribution is 5.81. The molecule has 3 fully saturated rings. The fraction of sp³-hybridized carbons (Fsp3) is 0.520. The van der Waals surface area contributed by atoms with Crippen LogP contribution in [0.4, 0.5) is 5.82 Å². The van der Waals surface area contributed by atoms with Crippen molar-refractivity contribution < 1.29 is 5.11 Å². The molecule has 1 aromatic carbocycles. The van der Waals surface area contributed by atoms with Crippen LogP contribution in [0.3, 0.4) is 0 Å². The normalized spacial score (nSPS) is 28.3. The molecule has 1 N–H and O–H groups in total. The van der Waals surface area contributed by atoms with Crippen molar-refractivity contribution in [1.82, 2.24) is 19.7 Å². The third-order valence-electron chi connectivity index (χ3n) is 8.25. The molecule has 7 heteroatoms. The molecule has 3 aliphatic rings. The average molecular weight is 429 g/mol. The van der Waals surface area contributed by atoms with E-state index >= 15 is 0 Å². The highest BCUT2D eigenvalue weighted by Gasteiger charge is 2.82. The number of nitrogens with zero attached hydrogens (tertiary/aromatic N) is 6. The zero-order chi connectivity index (χ0) is 22.3. The number of fused-ring (bicyclic) bond motifs is 1. The molecule has 3 atom stereocenters. The van der Waals surface area contributed by atoms with Crippen molar-refractivity contribution in [2.45, 2.75) is 63.6 Å². The van der Waals surface area contributed by atoms with Gasteiger partial charge in [0.25, 0.3) is 5.54 Å². The Labute approximate surface area is 187 Å². The van der Waals surface area contributed by atoms with Gasteiger partial charge in [-0.2, -0.15) is 5.10 Å². The number of hydrogen-bond acceptors (Lipinski definition) is 5. The molecule has 2 aromatic heterocycles. The van der Waals surface area contributed by atoms with Gasteiger partial charge in [0.2, 0.25) is 0 Å². The first-order valence-corrected chi connectivity index (χ1v) is 11.5. The van der Waals surface area contributed by atoms with Gasteiger partial charge in [-0.05, 0) is 46.1 Å². The monoisotopic (exact) mass is 428 g/mol. The van der Waals surface area contributed by atoms with Crippen molar-refractivity contribution >= 4 is 16.7 Å². The summed E-state index contributed by atoms with van der Waals surface area (Å²) in [6.45, 7) is 14.6. The Bertz CT molecular complexity index is 1260. The molecule has 0 unspecified atom stereocenters. The Balaban J connectivity index is 1.37. The van der Waals surface area contributed by atoms with Crippen LogP contribution in [0.2, 0.25) is 0 Å². The van der Waals surface area contributed by atoms with Crippen LogP contribution in [0.1, 0.15) is 52.0 Å². The van der Waals surface area contributed by atoms with Gasteiger partial charge in [0.15, 0.2) is 5.82 Å². The molecule has 0 amide bonds. The lowest BCUT2D eigenvalue weighted by Gasteiger charge is -2.32. The van der Waals surface area contributed by atoms with E-state index in [9.17, 15) is 5.11 Å². The molecular weight excluding hydrogens is 400 g/mol. The second-order valence-electron chi connectivity index (χ2n) is 10.5. The summed E-state index contributed by atoms with van der Waals surface area (Å²) in [4.78, 5) is 15.4. The summed E-state index contributed by atoms with van der Waals surface area (Å²) in [6, 6.07) is 8.48. The maximum absolute atomic E-state index is 10.5. The number of aromatic nitrogens is 4. The lowest BCUT2D eigenvalue weighted by Crippen LogP contribution is -2.40. The second kappa shape index (κ2) is 6.29. The number of hydrogen-bond donors (Lipinski definition) is 1. The van der Waals surface area contributed by atoms with Crippen LogP contribution in [-0.4, -0.2) is 43.0 Å². The van der Waals surface area contributed by atoms with Crippen molar-refractivity contribution in [3.05, 3.63) is 53.8 Å². The molecular formula is C25H28N6O. The summed E-state index contributed by atoms with van der Waals surface area (Å²) in [5.74, 6) is 1.76. The Morgan fingerprint density at radius 1 is 1.19 bits per heavy atom. The number of rotatable bonds is 4. The summed E-state index contributed by atoms with van der Waals surface area (Å²) < 4.78 is 1.86. The highest BCUT2D eigenvalue weighted by Crippen LogP contribution is 2.79. The first kappa shape index (κ1) is 19.7. The predicted molar refractivity (Wildman–Crippen MR) is 122 cm³/mol. The van der Waals surface area contributed by atoms with E-state index in [2.05, 4.69) is 49.9 Å². The summed E-state index contributed by atoms with van der Waals surface area (Å²) in [7, 11) is 0. The lowest BCUT2D eigenvalue weighted by molar-refractivity contribution is 0.0156. The van der Waals surface area contributed by atoms with Gasteiger partial charge in [-0.1, -0.05) is 12.1 Å². The molecule has 3 heterocycles. The van der Waals surface area contributed by atoms with Gasteiger partial charge < -0.3 is 14.9 Å². The van der Waals surface area contributed by atoms with Crippen LogP contribution in [0.25, 0.3) is 21.6 Å². The zero-order valence-electron chi connectivity index (χ0n) is 18.8. The first-order chi connectivity index (χ1) is 15.3. The molecule has 0 bridgehead atoms. The van der Waals surface area contributed by atoms with E-state index in [-0.39, 0.29) is 22.9 Å². The topological polar surface area (TPSA) is 71.4 Å². The number of benzene rings is 1. The van der Waals surface area contributed by atoms with E-state index in [1.54, 1.807) is 6.33 Å². The zero-order valence-corrected chi connectivity index (χ0v) is 18.8. The summed E-state index contributed by atoms with van der Waals surface area (Å²) in [5.41, 5.74) is 1.25. The molecule has 6 rings (SSSR count). The standard InChI is InChI=1S/C25H28N6O/c1-16-19(23(2,3)32)7-10-30(16)21-12-22(28-15-27-21)31-20-11-18(6-5-17(20)13-29-31)25(26-4)14-24(25)8-9-24/h5-6,11-13,15-16,19,32H,7-10,14H2,1-3H3/t16-,19+,25-/m0/s1. The highest BCUT2D eigenvalue weighted by atomic mass is 16.3. The smallest absolute Gasteiger partial charge is 0.264 e. The molecule has 2 saturated carbocycles. The van der Waals surface area contributed by atoms with Gasteiger partial charge in [-0.3, -0.25) is 0 Å². The Morgan fingerprint density at radius 2 is 1.97 bits per heavy atom. The molecule has 1 aliphatic heterocycles. The van der Waals surface area contributed by atoms with Gasteiger partial charge in [0, 0.05) is 41.9 Å². The van der Waals surface area contributed by atoms with Crippen molar-refractivity contribution in [3.8, 4) is 5.82 Å². The maximum Gasteiger partial charge on any atom is 0.264 e. The fourth-order valence-electron chi connectivity index (χ4n) is 6.09. The Morgan fingerprint density at radius 3 is 2.62 bits per heavy atom. The van der Waals surface area contributed by atoms with E-state index in [1.807, 2.05) is 30.8 Å². The maximum atomic E-state index is 10.5. The average Bonchev–Trinajstić information content (AvgIpc) is 3.57. The molecule has 164 valence electrons. The van der Waals surface area contributed by atoms with Gasteiger partial charge in [-0.25, -0.2) is 21.2 Å². The van der Waals surface area contributed by atoms with E-state index in [0.717, 1.165) is 47.5 Å². The quantitative estimate of drug-likeness (QED) is 0.634. The van der Waals surface area contributed by atoms with Crippen LogP contribution in [0.5, 0.6) is 0 Å². The molecule has 3 aromatic rings. The molecule has 7 nitrogen and oxygen atoms in total. The van der Waals surface area contributed by atoms with Crippen LogP contribution in [0.15, 0.2) is 36.8 Å². The third-order valence-corrected chi connectivity index (χ3v) is 8.25. The molecule has 2 aliphatic carbocycles. The largest absolute Gasteiger partial charge is 0.390 e. The summed E-state index contributed by atoms with van der Waals surface area (Å²) in [5, 5.41) is 16.2. The lowest BCUT2D eigenvalue weighted by atomic mass is 9.85. The van der Waals surface area contributed by atoms with Crippen LogP contribution in [-0.2, 0) is 5.54 Å². The first-order valence-electron chi connectivity index (χ1n) is 11.5.